The summed E-state index contributed by atoms with van der Waals surface area (Å²) < 4.78 is 19.5. The van der Waals surface area contributed by atoms with E-state index in [-0.39, 0.29) is 53.3 Å². The lowest BCUT2D eigenvalue weighted by atomic mass is 10.0. The van der Waals surface area contributed by atoms with Gasteiger partial charge >= 0.3 is 6.03 Å². The van der Waals surface area contributed by atoms with E-state index in [1.54, 1.807) is 23.8 Å². The molecule has 1 atom stereocenters. The molecule has 2 aliphatic heterocycles. The Hall–Kier alpha value is -3.96. The van der Waals surface area contributed by atoms with Crippen molar-refractivity contribution in [3.63, 3.8) is 0 Å². The monoisotopic (exact) mass is 599 g/mol. The Labute approximate surface area is 249 Å². The van der Waals surface area contributed by atoms with E-state index in [1.165, 1.54) is 36.4 Å². The van der Waals surface area contributed by atoms with Gasteiger partial charge in [-0.1, -0.05) is 41.9 Å². The number of carbonyl (C=O) groups is 4. The summed E-state index contributed by atoms with van der Waals surface area (Å²) in [6, 6.07) is 11.2. The minimum Gasteiger partial charge on any atom is -0.383 e. The molecule has 2 aromatic carbocycles. The Kier molecular flexibility index (Phi) is 10.2. The van der Waals surface area contributed by atoms with E-state index >= 15 is 0 Å². The van der Waals surface area contributed by atoms with Crippen molar-refractivity contribution in [3.8, 4) is 0 Å². The van der Waals surface area contributed by atoms with Gasteiger partial charge in [0.2, 0.25) is 12.3 Å². The van der Waals surface area contributed by atoms with Gasteiger partial charge in [0.25, 0.3) is 5.91 Å². The number of benzene rings is 2. The highest BCUT2D eigenvalue weighted by molar-refractivity contribution is 6.35. The number of para-hydroxylation sites is 1. The Morgan fingerprint density at radius 3 is 2.60 bits per heavy atom. The molecular formula is C30H35ClFN5O5. The van der Waals surface area contributed by atoms with Crippen molar-refractivity contribution in [2.75, 3.05) is 45.7 Å². The average Bonchev–Trinajstić information content (AvgIpc) is 2.99. The number of amides is 5. The van der Waals surface area contributed by atoms with Crippen LogP contribution in [0.2, 0.25) is 5.02 Å². The number of rotatable bonds is 10. The smallest absolute Gasteiger partial charge is 0.322 e. The quantitative estimate of drug-likeness (QED) is 0.331. The zero-order valence-corrected chi connectivity index (χ0v) is 24.6. The van der Waals surface area contributed by atoms with Crippen LogP contribution in [-0.4, -0.2) is 96.3 Å². The third-order valence-corrected chi connectivity index (χ3v) is 8.11. The lowest BCUT2D eigenvalue weighted by Crippen LogP contribution is -2.52. The molecule has 0 saturated carbocycles. The second-order valence-corrected chi connectivity index (χ2v) is 10.8. The van der Waals surface area contributed by atoms with Crippen molar-refractivity contribution >= 4 is 47.1 Å². The normalized spacial score (nSPS) is 16.4. The van der Waals surface area contributed by atoms with Crippen LogP contribution in [-0.2, 0) is 25.7 Å². The number of hydrogen-bond acceptors (Lipinski definition) is 5. The number of nitrogens with zero attached hydrogens (tertiary/aromatic N) is 4. The van der Waals surface area contributed by atoms with E-state index in [9.17, 15) is 23.6 Å². The summed E-state index contributed by atoms with van der Waals surface area (Å²) >= 11 is 6.22. The first kappa shape index (κ1) is 31.0. The Bertz CT molecular complexity index is 1360. The van der Waals surface area contributed by atoms with Gasteiger partial charge in [-0.2, -0.15) is 0 Å². The number of methoxy groups -OCH3 is 1. The van der Waals surface area contributed by atoms with Crippen LogP contribution >= 0.6 is 11.6 Å². The maximum absolute atomic E-state index is 14.3. The van der Waals surface area contributed by atoms with Crippen molar-refractivity contribution in [2.24, 2.45) is 0 Å². The molecule has 0 aromatic heterocycles. The molecular weight excluding hydrogens is 565 g/mol. The van der Waals surface area contributed by atoms with Crippen LogP contribution in [0.3, 0.4) is 0 Å². The van der Waals surface area contributed by atoms with Gasteiger partial charge in [-0.3, -0.25) is 14.4 Å². The number of hydrogen-bond donors (Lipinski definition) is 1. The topological polar surface area (TPSA) is 102 Å². The minimum absolute atomic E-state index is 0.0338. The van der Waals surface area contributed by atoms with E-state index < -0.39 is 11.7 Å². The van der Waals surface area contributed by atoms with Gasteiger partial charge < -0.3 is 29.7 Å². The fourth-order valence-electron chi connectivity index (χ4n) is 5.17. The van der Waals surface area contributed by atoms with Gasteiger partial charge in [-0.25, -0.2) is 9.18 Å². The molecule has 0 aliphatic carbocycles. The third kappa shape index (κ3) is 6.91. The molecule has 1 fully saturated rings. The van der Waals surface area contributed by atoms with Crippen molar-refractivity contribution in [1.29, 1.82) is 0 Å². The van der Waals surface area contributed by atoms with Crippen molar-refractivity contribution in [1.82, 2.24) is 19.6 Å². The fourth-order valence-corrected chi connectivity index (χ4v) is 5.40. The number of likely N-dealkylation sites (tertiary alicyclic amines) is 1. The molecule has 2 aromatic rings. The second-order valence-electron chi connectivity index (χ2n) is 10.5. The Morgan fingerprint density at radius 1 is 1.19 bits per heavy atom. The zero-order valence-electron chi connectivity index (χ0n) is 23.9. The summed E-state index contributed by atoms with van der Waals surface area (Å²) in [5.41, 5.74) is 1.90. The molecule has 12 heteroatoms. The second kappa shape index (κ2) is 13.8. The van der Waals surface area contributed by atoms with Crippen molar-refractivity contribution < 1.29 is 28.3 Å². The first-order valence-electron chi connectivity index (χ1n) is 13.7. The summed E-state index contributed by atoms with van der Waals surface area (Å²) in [5, 5.41) is 2.66. The van der Waals surface area contributed by atoms with Crippen LogP contribution in [0, 0.1) is 5.82 Å². The molecule has 10 nitrogen and oxygen atoms in total. The average molecular weight is 600 g/mol. The lowest BCUT2D eigenvalue weighted by molar-refractivity contribution is -0.135. The lowest BCUT2D eigenvalue weighted by Gasteiger charge is -2.40. The van der Waals surface area contributed by atoms with Gasteiger partial charge in [0.1, 0.15) is 12.4 Å². The van der Waals surface area contributed by atoms with E-state index in [0.717, 1.165) is 16.2 Å². The molecule has 224 valence electrons. The molecule has 42 heavy (non-hydrogen) atoms. The van der Waals surface area contributed by atoms with Gasteiger partial charge in [0, 0.05) is 57.3 Å². The number of anilines is 1. The van der Waals surface area contributed by atoms with Crippen LogP contribution in [0.4, 0.5) is 14.9 Å². The largest absolute Gasteiger partial charge is 0.383 e. The molecule has 4 rings (SSSR count). The van der Waals surface area contributed by atoms with Crippen LogP contribution in [0.25, 0.3) is 5.57 Å². The Balaban J connectivity index is 1.46. The maximum atomic E-state index is 14.3. The molecule has 0 radical (unpaired) electrons. The predicted octanol–water partition coefficient (Wildman–Crippen LogP) is 3.81. The van der Waals surface area contributed by atoms with Crippen molar-refractivity contribution in [3.05, 3.63) is 70.6 Å². The Morgan fingerprint density at radius 2 is 1.90 bits per heavy atom. The highest BCUT2D eigenvalue weighted by atomic mass is 35.5. The molecule has 2 heterocycles. The first-order chi connectivity index (χ1) is 20.1. The van der Waals surface area contributed by atoms with E-state index in [1.807, 2.05) is 24.3 Å². The SMILES string of the molecule is COCC(C)N(C)C(=O)/C(=C\N(C=O)CC(=O)N1CCC(N2Cc3ccccc3NC2=O)CC1)c1cccc(F)c1Cl. The van der Waals surface area contributed by atoms with E-state index in [4.69, 9.17) is 16.3 Å². The summed E-state index contributed by atoms with van der Waals surface area (Å²) in [4.78, 5) is 57.4. The number of urea groups is 1. The number of piperidine rings is 1. The highest BCUT2D eigenvalue weighted by Gasteiger charge is 2.33. The van der Waals surface area contributed by atoms with Crippen LogP contribution in [0.5, 0.6) is 0 Å². The predicted molar refractivity (Wildman–Crippen MR) is 157 cm³/mol. The first-order valence-corrected chi connectivity index (χ1v) is 14.1. The highest BCUT2D eigenvalue weighted by Crippen LogP contribution is 2.30. The standard InChI is InChI=1S/C30H35ClFN5O5/c1-20(18-42-3)34(2)29(40)24(23-8-6-9-25(32)28(23)31)16-35(19-38)17-27(39)36-13-11-22(12-14-36)37-15-21-7-4-5-10-26(21)33-30(37)41/h4-10,16,19-20,22H,11-15,17-18H2,1-3H3,(H,33,41)/b24-16-. The maximum Gasteiger partial charge on any atom is 0.322 e. The third-order valence-electron chi connectivity index (χ3n) is 7.73. The summed E-state index contributed by atoms with van der Waals surface area (Å²) in [5.74, 6) is -1.56. The van der Waals surface area contributed by atoms with Gasteiger partial charge in [0.15, 0.2) is 0 Å². The van der Waals surface area contributed by atoms with E-state index in [0.29, 0.717) is 38.9 Å². The molecule has 0 spiro atoms. The summed E-state index contributed by atoms with van der Waals surface area (Å²) in [6.07, 6.45) is 2.84. The molecule has 0 bridgehead atoms. The fraction of sp³-hybridized carbons (Fsp3) is 0.400. The number of nitrogens with one attached hydrogen (secondary N) is 1. The van der Waals surface area contributed by atoms with Gasteiger partial charge in [-0.15, -0.1) is 0 Å². The van der Waals surface area contributed by atoms with Crippen LogP contribution < -0.4 is 5.32 Å². The van der Waals surface area contributed by atoms with Crippen LogP contribution in [0.1, 0.15) is 30.9 Å². The van der Waals surface area contributed by atoms with Crippen molar-refractivity contribution in [2.45, 2.75) is 38.4 Å². The molecule has 5 amide bonds. The number of carbonyl (C=O) groups excluding carboxylic acids is 4. The van der Waals surface area contributed by atoms with Gasteiger partial charge in [0.05, 0.1) is 23.2 Å². The molecule has 1 unspecified atom stereocenters. The summed E-state index contributed by atoms with van der Waals surface area (Å²) in [7, 11) is 3.08. The molecule has 1 saturated heterocycles. The van der Waals surface area contributed by atoms with Crippen LogP contribution in [0.15, 0.2) is 48.7 Å². The van der Waals surface area contributed by atoms with E-state index in [2.05, 4.69) is 5.32 Å². The number of halogens is 2. The summed E-state index contributed by atoms with van der Waals surface area (Å²) in [6.45, 7) is 3.02. The zero-order chi connectivity index (χ0) is 30.4. The molecule has 2 aliphatic rings. The minimum atomic E-state index is -0.720. The molecule has 1 N–H and O–H groups in total. The van der Waals surface area contributed by atoms with Gasteiger partial charge in [-0.05, 0) is 37.5 Å². The number of likely N-dealkylation sites (N-methyl/N-ethyl adjacent to an activating group) is 1. The number of ether oxygens (including phenoxy) is 1. The number of fused-ring (bicyclic) bond motifs is 1.